The Hall–Kier alpha value is -2.67. The molecule has 2 aromatic rings. The summed E-state index contributed by atoms with van der Waals surface area (Å²) in [6.07, 6.45) is 2.22. The van der Waals surface area contributed by atoms with Crippen LogP contribution >= 0.6 is 0 Å². The number of carbonyl (C=O) groups excluding carboxylic acids is 1. The highest BCUT2D eigenvalue weighted by molar-refractivity contribution is 7.90. The Bertz CT molecular complexity index is 947. The van der Waals surface area contributed by atoms with Crippen molar-refractivity contribution < 1.29 is 23.1 Å². The molecule has 1 aliphatic rings. The summed E-state index contributed by atoms with van der Waals surface area (Å²) in [6, 6.07) is 14.5. The summed E-state index contributed by atoms with van der Waals surface area (Å²) < 4.78 is 25.3. The van der Waals surface area contributed by atoms with Gasteiger partial charge in [-0.05, 0) is 36.6 Å². The highest BCUT2D eigenvalue weighted by Crippen LogP contribution is 2.30. The third kappa shape index (κ3) is 4.19. The molecule has 0 aliphatic heterocycles. The Morgan fingerprint density at radius 3 is 2.30 bits per heavy atom. The first kappa shape index (κ1) is 19.1. The van der Waals surface area contributed by atoms with Crippen molar-refractivity contribution in [3.63, 3.8) is 0 Å². The molecule has 0 saturated heterocycles. The number of carboxylic acid groups (broad SMARTS) is 1. The van der Waals surface area contributed by atoms with Crippen molar-refractivity contribution in [1.29, 1.82) is 0 Å². The summed E-state index contributed by atoms with van der Waals surface area (Å²) in [5, 5.41) is 12.1. The lowest BCUT2D eigenvalue weighted by atomic mass is 9.97. The van der Waals surface area contributed by atoms with Gasteiger partial charge >= 0.3 is 5.97 Å². The average Bonchev–Trinajstić information content (AvgIpc) is 3.12. The highest BCUT2D eigenvalue weighted by Gasteiger charge is 2.42. The smallest absolute Gasteiger partial charge is 0.329 e. The number of rotatable bonds is 6. The molecule has 2 aromatic carbocycles. The van der Waals surface area contributed by atoms with E-state index in [0.29, 0.717) is 18.4 Å². The van der Waals surface area contributed by atoms with E-state index in [1.807, 2.05) is 6.07 Å². The molecule has 2 N–H and O–H groups in total. The molecule has 142 valence electrons. The zero-order valence-electron chi connectivity index (χ0n) is 14.7. The molecule has 1 amide bonds. The molecule has 0 spiro atoms. The normalized spacial score (nSPS) is 16.0. The number of aliphatic carboxylic acids is 1. The summed E-state index contributed by atoms with van der Waals surface area (Å²) in [5.41, 5.74) is -0.476. The van der Waals surface area contributed by atoms with Crippen molar-refractivity contribution in [3.05, 3.63) is 65.7 Å². The molecular weight excluding hydrogens is 366 g/mol. The first-order valence-corrected chi connectivity index (χ1v) is 10.4. The van der Waals surface area contributed by atoms with Crippen molar-refractivity contribution >= 4 is 21.7 Å². The maximum atomic E-state index is 12.7. The Morgan fingerprint density at radius 2 is 1.67 bits per heavy atom. The lowest BCUT2D eigenvalue weighted by molar-refractivity contribution is -0.144. The number of carbonyl (C=O) groups is 2. The van der Waals surface area contributed by atoms with E-state index in [-0.39, 0.29) is 16.2 Å². The summed E-state index contributed by atoms with van der Waals surface area (Å²) in [7, 11) is -3.62. The molecule has 27 heavy (non-hydrogen) atoms. The van der Waals surface area contributed by atoms with Crippen molar-refractivity contribution in [1.82, 2.24) is 5.32 Å². The number of nitrogens with one attached hydrogen (secondary N) is 1. The van der Waals surface area contributed by atoms with Crippen LogP contribution in [0, 0.1) is 0 Å². The summed E-state index contributed by atoms with van der Waals surface area (Å²) >= 11 is 0. The van der Waals surface area contributed by atoms with Crippen LogP contribution in [0.4, 0.5) is 0 Å². The molecule has 7 heteroatoms. The van der Waals surface area contributed by atoms with Gasteiger partial charge in [-0.25, -0.2) is 13.2 Å². The molecular formula is C20H21NO5S. The van der Waals surface area contributed by atoms with Crippen LogP contribution in [0.3, 0.4) is 0 Å². The van der Waals surface area contributed by atoms with Crippen LogP contribution in [0.2, 0.25) is 0 Å². The van der Waals surface area contributed by atoms with Crippen molar-refractivity contribution in [3.8, 4) is 0 Å². The van der Waals surface area contributed by atoms with Crippen LogP contribution < -0.4 is 5.32 Å². The monoisotopic (exact) mass is 387 g/mol. The average molecular weight is 387 g/mol. The van der Waals surface area contributed by atoms with Gasteiger partial charge in [0.05, 0.1) is 10.6 Å². The standard InChI is InChI=1S/C20H21NO5S/c22-18(21-20(19(23)24)11-4-5-12-20)16-9-6-10-17(13-16)27(25,26)14-15-7-2-1-3-8-15/h1-3,6-10,13H,4-5,11-12,14H2,(H,21,22)(H,23,24). The predicted octanol–water partition coefficient (Wildman–Crippen LogP) is 2.79. The molecule has 1 fully saturated rings. The van der Waals surface area contributed by atoms with Crippen LogP contribution in [0.15, 0.2) is 59.5 Å². The fourth-order valence-corrected chi connectivity index (χ4v) is 4.76. The second kappa shape index (κ2) is 7.52. The van der Waals surface area contributed by atoms with Crippen LogP contribution in [0.1, 0.15) is 41.6 Å². The van der Waals surface area contributed by atoms with Crippen LogP contribution in [0.25, 0.3) is 0 Å². The Morgan fingerprint density at radius 1 is 1.00 bits per heavy atom. The van der Waals surface area contributed by atoms with Gasteiger partial charge in [-0.15, -0.1) is 0 Å². The van der Waals surface area contributed by atoms with Crippen molar-refractivity contribution in [2.45, 2.75) is 41.9 Å². The fourth-order valence-electron chi connectivity index (χ4n) is 3.37. The quantitative estimate of drug-likeness (QED) is 0.794. The van der Waals surface area contributed by atoms with Crippen LogP contribution in [-0.2, 0) is 20.4 Å². The minimum atomic E-state index is -3.62. The second-order valence-corrected chi connectivity index (χ2v) is 8.81. The molecule has 0 aromatic heterocycles. The van der Waals surface area contributed by atoms with E-state index < -0.39 is 27.3 Å². The fraction of sp³-hybridized carbons (Fsp3) is 0.300. The van der Waals surface area contributed by atoms with E-state index in [1.54, 1.807) is 24.3 Å². The molecule has 0 atom stereocenters. The van der Waals surface area contributed by atoms with Gasteiger partial charge in [-0.2, -0.15) is 0 Å². The van der Waals surface area contributed by atoms with Gasteiger partial charge < -0.3 is 10.4 Å². The third-order valence-electron chi connectivity index (χ3n) is 4.87. The Labute approximate surface area is 158 Å². The second-order valence-electron chi connectivity index (χ2n) is 6.82. The number of amides is 1. The van der Waals surface area contributed by atoms with Crippen LogP contribution in [-0.4, -0.2) is 30.9 Å². The summed E-state index contributed by atoms with van der Waals surface area (Å²) in [4.78, 5) is 24.2. The molecule has 3 rings (SSSR count). The number of hydrogen-bond donors (Lipinski definition) is 2. The first-order valence-electron chi connectivity index (χ1n) is 8.75. The van der Waals surface area contributed by atoms with Gasteiger partial charge in [-0.3, -0.25) is 4.79 Å². The van der Waals surface area contributed by atoms with E-state index in [9.17, 15) is 23.1 Å². The number of hydrogen-bond acceptors (Lipinski definition) is 4. The summed E-state index contributed by atoms with van der Waals surface area (Å²) in [5.74, 6) is -1.80. The maximum absolute atomic E-state index is 12.7. The van der Waals surface area contributed by atoms with Gasteiger partial charge in [0.1, 0.15) is 5.54 Å². The van der Waals surface area contributed by atoms with Crippen LogP contribution in [0.5, 0.6) is 0 Å². The number of sulfone groups is 1. The predicted molar refractivity (Wildman–Crippen MR) is 100 cm³/mol. The third-order valence-corrected chi connectivity index (χ3v) is 6.56. The molecule has 0 bridgehead atoms. The van der Waals surface area contributed by atoms with Gasteiger partial charge in [0.2, 0.25) is 0 Å². The maximum Gasteiger partial charge on any atom is 0.329 e. The van der Waals surface area contributed by atoms with Gasteiger partial charge in [0.15, 0.2) is 9.84 Å². The molecule has 0 heterocycles. The first-order chi connectivity index (χ1) is 12.8. The van der Waals surface area contributed by atoms with E-state index in [1.165, 1.54) is 24.3 Å². The largest absolute Gasteiger partial charge is 0.480 e. The minimum absolute atomic E-state index is 0.0369. The Balaban J connectivity index is 1.82. The Kier molecular flexibility index (Phi) is 5.32. The molecule has 6 nitrogen and oxygen atoms in total. The lowest BCUT2D eigenvalue weighted by Gasteiger charge is -2.25. The topological polar surface area (TPSA) is 101 Å². The zero-order valence-corrected chi connectivity index (χ0v) is 15.5. The van der Waals surface area contributed by atoms with Gasteiger partial charge in [-0.1, -0.05) is 49.2 Å². The van der Waals surface area contributed by atoms with E-state index >= 15 is 0 Å². The molecule has 1 aliphatic carbocycles. The molecule has 0 radical (unpaired) electrons. The minimum Gasteiger partial charge on any atom is -0.480 e. The highest BCUT2D eigenvalue weighted by atomic mass is 32.2. The molecule has 0 unspecified atom stereocenters. The number of benzene rings is 2. The van der Waals surface area contributed by atoms with Crippen molar-refractivity contribution in [2.24, 2.45) is 0 Å². The van der Waals surface area contributed by atoms with Gasteiger partial charge in [0, 0.05) is 5.56 Å². The van der Waals surface area contributed by atoms with E-state index in [4.69, 9.17) is 0 Å². The van der Waals surface area contributed by atoms with E-state index in [2.05, 4.69) is 5.32 Å². The van der Waals surface area contributed by atoms with Gasteiger partial charge in [0.25, 0.3) is 5.91 Å². The SMILES string of the molecule is O=C(NC1(C(=O)O)CCCC1)c1cccc(S(=O)(=O)Cc2ccccc2)c1. The van der Waals surface area contributed by atoms with Crippen molar-refractivity contribution in [2.75, 3.05) is 0 Å². The zero-order chi connectivity index (χ0) is 19.5. The van der Waals surface area contributed by atoms with E-state index in [0.717, 1.165) is 12.8 Å². The molecule has 1 saturated carbocycles. The lowest BCUT2D eigenvalue weighted by Crippen LogP contribution is -2.52. The number of carboxylic acids is 1. The summed E-state index contributed by atoms with van der Waals surface area (Å²) in [6.45, 7) is 0.